The van der Waals surface area contributed by atoms with Gasteiger partial charge in [0.25, 0.3) is 5.56 Å². The number of benzene rings is 1. The molecule has 33 heavy (non-hydrogen) atoms. The first-order chi connectivity index (χ1) is 15.8. The fraction of sp³-hybridized carbons (Fsp3) is 0.500. The lowest BCUT2D eigenvalue weighted by molar-refractivity contribution is 0.0903. The molecule has 0 amide bonds. The number of nitrogens with zero attached hydrogens (tertiary/aromatic N) is 4. The lowest BCUT2D eigenvalue weighted by Gasteiger charge is -2.13. The molecule has 1 aromatic carbocycles. The highest BCUT2D eigenvalue weighted by atomic mass is 31.2. The van der Waals surface area contributed by atoms with Gasteiger partial charge in [0.2, 0.25) is 0 Å². The van der Waals surface area contributed by atoms with E-state index in [1.165, 1.54) is 10.9 Å². The van der Waals surface area contributed by atoms with Crippen molar-refractivity contribution in [3.8, 4) is 0 Å². The summed E-state index contributed by atoms with van der Waals surface area (Å²) in [5.74, 6) is 0. The largest absolute Gasteiger partial charge is 0.361 e. The van der Waals surface area contributed by atoms with Gasteiger partial charge in [-0.15, -0.1) is 0 Å². The maximum absolute atomic E-state index is 12.9. The van der Waals surface area contributed by atoms with E-state index in [2.05, 4.69) is 4.98 Å². The molecule has 3 aromatic rings. The summed E-state index contributed by atoms with van der Waals surface area (Å²) in [6, 6.07) is 9.86. The Morgan fingerprint density at radius 3 is 2.61 bits per heavy atom. The van der Waals surface area contributed by atoms with Crippen molar-refractivity contribution < 1.29 is 18.7 Å². The molecule has 1 atom stereocenters. The Bertz CT molecular complexity index is 1220. The van der Waals surface area contributed by atoms with Crippen molar-refractivity contribution in [1.29, 1.82) is 0 Å². The van der Waals surface area contributed by atoms with E-state index in [0.29, 0.717) is 37.0 Å². The van der Waals surface area contributed by atoms with Gasteiger partial charge in [-0.2, -0.15) is 0 Å². The first kappa shape index (κ1) is 25.1. The molecule has 11 heteroatoms. The Kier molecular flexibility index (Phi) is 8.80. The molecule has 0 aliphatic carbocycles. The highest BCUT2D eigenvalue weighted by molar-refractivity contribution is 7.52. The number of aromatic nitrogens is 4. The average molecular weight is 478 g/mol. The first-order valence-corrected chi connectivity index (χ1v) is 12.8. The van der Waals surface area contributed by atoms with Crippen molar-refractivity contribution in [3.05, 3.63) is 63.1 Å². The standard InChI is InChI=1S/C22H31N4O6P/c1-3-31-17-25-16-23-20-19(25)21(27)26(22(28)24(20)2)13-7-8-15-33(29,30)32-14-9-12-18-10-5-4-6-11-18/h4-6,10-11,16H,3,7-9,12-15,17H2,1-2H3,(H,29,30). The number of unbranched alkanes of at least 4 members (excludes halogenated alkanes) is 1. The van der Waals surface area contributed by atoms with Crippen LogP contribution in [-0.2, 0) is 40.6 Å². The quantitative estimate of drug-likeness (QED) is 0.296. The molecular formula is C22H31N4O6P. The van der Waals surface area contributed by atoms with Crippen LogP contribution in [0.3, 0.4) is 0 Å². The van der Waals surface area contributed by atoms with Crippen molar-refractivity contribution in [2.45, 2.75) is 45.9 Å². The van der Waals surface area contributed by atoms with Crippen LogP contribution in [0.25, 0.3) is 11.2 Å². The molecule has 1 unspecified atom stereocenters. The molecule has 10 nitrogen and oxygen atoms in total. The van der Waals surface area contributed by atoms with E-state index in [9.17, 15) is 19.0 Å². The summed E-state index contributed by atoms with van der Waals surface area (Å²) in [5.41, 5.74) is 0.818. The molecule has 0 saturated carbocycles. The van der Waals surface area contributed by atoms with E-state index in [1.807, 2.05) is 37.3 Å². The fourth-order valence-electron chi connectivity index (χ4n) is 3.58. The van der Waals surface area contributed by atoms with Gasteiger partial charge < -0.3 is 18.7 Å². The second-order valence-corrected chi connectivity index (χ2v) is 9.78. The maximum Gasteiger partial charge on any atom is 0.332 e. The predicted molar refractivity (Wildman–Crippen MR) is 126 cm³/mol. The number of imidazole rings is 1. The van der Waals surface area contributed by atoms with Crippen LogP contribution in [0.2, 0.25) is 0 Å². The number of hydrogen-bond donors (Lipinski definition) is 1. The second-order valence-electron chi connectivity index (χ2n) is 7.80. The smallest absolute Gasteiger partial charge is 0.332 e. The van der Waals surface area contributed by atoms with Crippen molar-refractivity contribution >= 4 is 18.8 Å². The van der Waals surface area contributed by atoms with Gasteiger partial charge in [0.15, 0.2) is 11.2 Å². The minimum atomic E-state index is -3.72. The Labute approximate surface area is 191 Å². The third-order valence-electron chi connectivity index (χ3n) is 5.35. The highest BCUT2D eigenvalue weighted by Gasteiger charge is 2.20. The summed E-state index contributed by atoms with van der Waals surface area (Å²) < 4.78 is 26.9. The zero-order valence-electron chi connectivity index (χ0n) is 19.1. The monoisotopic (exact) mass is 478 g/mol. The summed E-state index contributed by atoms with van der Waals surface area (Å²) in [4.78, 5) is 39.8. The van der Waals surface area contributed by atoms with Crippen molar-refractivity contribution in [1.82, 2.24) is 18.7 Å². The lowest BCUT2D eigenvalue weighted by Crippen LogP contribution is -2.39. The lowest BCUT2D eigenvalue weighted by atomic mass is 10.1. The van der Waals surface area contributed by atoms with Crippen LogP contribution in [0.5, 0.6) is 0 Å². The topological polar surface area (TPSA) is 118 Å². The molecule has 2 heterocycles. The maximum atomic E-state index is 12.9. The van der Waals surface area contributed by atoms with Gasteiger partial charge in [0.05, 0.1) is 19.1 Å². The summed E-state index contributed by atoms with van der Waals surface area (Å²) in [7, 11) is -2.16. The normalized spacial score (nSPS) is 13.4. The summed E-state index contributed by atoms with van der Waals surface area (Å²) in [6.45, 7) is 2.82. The van der Waals surface area contributed by atoms with Gasteiger partial charge in [0.1, 0.15) is 6.73 Å². The number of ether oxygens (including phenoxy) is 1. The van der Waals surface area contributed by atoms with Crippen LogP contribution >= 0.6 is 7.60 Å². The number of rotatable bonds is 13. The van der Waals surface area contributed by atoms with E-state index in [0.717, 1.165) is 16.6 Å². The minimum absolute atomic E-state index is 0.0298. The van der Waals surface area contributed by atoms with Gasteiger partial charge in [0, 0.05) is 20.2 Å². The number of hydrogen-bond acceptors (Lipinski definition) is 6. The second kappa shape index (κ2) is 11.6. The fourth-order valence-corrected chi connectivity index (χ4v) is 4.75. The molecule has 0 spiro atoms. The predicted octanol–water partition coefficient (Wildman–Crippen LogP) is 2.51. The van der Waals surface area contributed by atoms with Crippen LogP contribution in [0.15, 0.2) is 46.2 Å². The van der Waals surface area contributed by atoms with Gasteiger partial charge in [-0.3, -0.25) is 18.5 Å². The van der Waals surface area contributed by atoms with Crippen LogP contribution in [0.4, 0.5) is 0 Å². The summed E-state index contributed by atoms with van der Waals surface area (Å²) in [5, 5.41) is 0. The van der Waals surface area contributed by atoms with Crippen molar-refractivity contribution in [2.24, 2.45) is 7.05 Å². The van der Waals surface area contributed by atoms with Crippen LogP contribution in [-0.4, -0.2) is 43.0 Å². The van der Waals surface area contributed by atoms with Crippen molar-refractivity contribution in [3.63, 3.8) is 0 Å². The molecule has 0 aliphatic heterocycles. The molecule has 0 bridgehead atoms. The van der Waals surface area contributed by atoms with Crippen LogP contribution < -0.4 is 11.2 Å². The molecule has 0 saturated heterocycles. The van der Waals surface area contributed by atoms with Gasteiger partial charge in [-0.05, 0) is 38.2 Å². The molecular weight excluding hydrogens is 447 g/mol. The highest BCUT2D eigenvalue weighted by Crippen LogP contribution is 2.42. The molecule has 180 valence electrons. The third kappa shape index (κ3) is 6.51. The zero-order valence-corrected chi connectivity index (χ0v) is 19.9. The van der Waals surface area contributed by atoms with Gasteiger partial charge in [-0.1, -0.05) is 30.3 Å². The number of aryl methyl sites for hydroxylation is 2. The van der Waals surface area contributed by atoms with Crippen LogP contribution in [0, 0.1) is 0 Å². The van der Waals surface area contributed by atoms with Gasteiger partial charge >= 0.3 is 13.3 Å². The Hall–Kier alpha value is -2.52. The van der Waals surface area contributed by atoms with E-state index in [-0.39, 0.29) is 26.0 Å². The number of fused-ring (bicyclic) bond motifs is 1. The SMILES string of the molecule is CCOCn1cnc2c1c(=O)n(CCCCP(=O)(O)OCCCc1ccccc1)c(=O)n2C. The molecule has 0 radical (unpaired) electrons. The van der Waals surface area contributed by atoms with Crippen molar-refractivity contribution in [2.75, 3.05) is 19.4 Å². The average Bonchev–Trinajstić information content (AvgIpc) is 3.23. The Morgan fingerprint density at radius 2 is 1.88 bits per heavy atom. The molecule has 3 rings (SSSR count). The third-order valence-corrected chi connectivity index (χ3v) is 6.82. The Morgan fingerprint density at radius 1 is 1.12 bits per heavy atom. The van der Waals surface area contributed by atoms with E-state index < -0.39 is 18.8 Å². The molecule has 2 aromatic heterocycles. The summed E-state index contributed by atoms with van der Waals surface area (Å²) >= 11 is 0. The summed E-state index contributed by atoms with van der Waals surface area (Å²) in [6.07, 6.45) is 3.60. The minimum Gasteiger partial charge on any atom is -0.361 e. The first-order valence-electron chi connectivity index (χ1n) is 11.1. The molecule has 0 aliphatic rings. The van der Waals surface area contributed by atoms with E-state index >= 15 is 0 Å². The molecule has 0 fully saturated rings. The van der Waals surface area contributed by atoms with Crippen LogP contribution in [0.1, 0.15) is 31.7 Å². The van der Waals surface area contributed by atoms with E-state index in [4.69, 9.17) is 9.26 Å². The Balaban J connectivity index is 1.54. The van der Waals surface area contributed by atoms with E-state index in [1.54, 1.807) is 11.6 Å². The zero-order chi connectivity index (χ0) is 23.8. The van der Waals surface area contributed by atoms with Gasteiger partial charge in [-0.25, -0.2) is 9.78 Å². The molecule has 1 N–H and O–H groups in total.